The van der Waals surface area contributed by atoms with E-state index in [1.807, 2.05) is 0 Å². The molecule has 2 aromatic carbocycles. The zero-order valence-electron chi connectivity index (χ0n) is 14.1. The number of esters is 1. The number of amides is 1. The first kappa shape index (κ1) is 18.7. The maximum atomic E-state index is 12.1. The Hall–Kier alpha value is -3.13. The zero-order chi connectivity index (χ0) is 19.4. The predicted octanol–water partition coefficient (Wildman–Crippen LogP) is 3.62. The Kier molecular flexibility index (Phi) is 5.56. The van der Waals surface area contributed by atoms with Gasteiger partial charge in [-0.1, -0.05) is 17.7 Å². The van der Waals surface area contributed by atoms with Crippen LogP contribution in [0, 0.1) is 10.1 Å². The summed E-state index contributed by atoms with van der Waals surface area (Å²) in [6.45, 7) is -0.527. The SMILES string of the molecule is O=C(COC(=O)c1ccc(NC2CC2)c([N+](=O)[O-])c1)Nc1cccc(Cl)c1. The molecule has 0 radical (unpaired) electrons. The molecule has 0 bridgehead atoms. The molecule has 0 heterocycles. The standard InChI is InChI=1S/C18H16ClN3O5/c19-12-2-1-3-14(9-12)21-17(23)10-27-18(24)11-4-7-15(20-13-5-6-13)16(8-11)22(25)26/h1-4,7-9,13,20H,5-6,10H2,(H,21,23). The Morgan fingerprint density at radius 1 is 1.22 bits per heavy atom. The predicted molar refractivity (Wildman–Crippen MR) is 100 cm³/mol. The van der Waals surface area contributed by atoms with E-state index in [1.54, 1.807) is 24.3 Å². The number of carbonyl (C=O) groups is 2. The van der Waals surface area contributed by atoms with E-state index >= 15 is 0 Å². The number of benzene rings is 2. The number of halogens is 1. The Morgan fingerprint density at radius 2 is 2.00 bits per heavy atom. The molecule has 1 amide bonds. The van der Waals surface area contributed by atoms with Gasteiger partial charge in [-0.15, -0.1) is 0 Å². The van der Waals surface area contributed by atoms with Crippen molar-refractivity contribution < 1.29 is 19.2 Å². The molecule has 27 heavy (non-hydrogen) atoms. The molecule has 2 aromatic rings. The van der Waals surface area contributed by atoms with E-state index in [-0.39, 0.29) is 17.3 Å². The Balaban J connectivity index is 1.60. The van der Waals surface area contributed by atoms with E-state index in [2.05, 4.69) is 10.6 Å². The van der Waals surface area contributed by atoms with Crippen LogP contribution in [0.15, 0.2) is 42.5 Å². The summed E-state index contributed by atoms with van der Waals surface area (Å²) in [7, 11) is 0. The summed E-state index contributed by atoms with van der Waals surface area (Å²) in [6, 6.07) is 10.8. The topological polar surface area (TPSA) is 111 Å². The smallest absolute Gasteiger partial charge is 0.338 e. The van der Waals surface area contributed by atoms with Crippen LogP contribution in [-0.2, 0) is 9.53 Å². The molecule has 1 aliphatic rings. The second-order valence-electron chi connectivity index (χ2n) is 6.04. The van der Waals surface area contributed by atoms with Crippen molar-refractivity contribution in [1.82, 2.24) is 0 Å². The summed E-state index contributed by atoms with van der Waals surface area (Å²) >= 11 is 5.83. The van der Waals surface area contributed by atoms with Gasteiger partial charge in [0.25, 0.3) is 11.6 Å². The molecule has 9 heteroatoms. The van der Waals surface area contributed by atoms with Crippen LogP contribution < -0.4 is 10.6 Å². The molecule has 1 saturated carbocycles. The number of nitro benzene ring substituents is 1. The summed E-state index contributed by atoms with van der Waals surface area (Å²) < 4.78 is 4.93. The van der Waals surface area contributed by atoms with Gasteiger partial charge in [0.1, 0.15) is 5.69 Å². The average molecular weight is 390 g/mol. The molecule has 2 N–H and O–H groups in total. The molecule has 0 atom stereocenters. The Bertz CT molecular complexity index is 898. The first-order valence-electron chi connectivity index (χ1n) is 8.20. The minimum absolute atomic E-state index is 0.00129. The quantitative estimate of drug-likeness (QED) is 0.425. The zero-order valence-corrected chi connectivity index (χ0v) is 14.9. The van der Waals surface area contributed by atoms with Crippen LogP contribution in [0.5, 0.6) is 0 Å². The van der Waals surface area contributed by atoms with Crippen LogP contribution in [0.2, 0.25) is 5.02 Å². The lowest BCUT2D eigenvalue weighted by atomic mass is 10.1. The number of ether oxygens (including phenoxy) is 1. The van der Waals surface area contributed by atoms with Crippen molar-refractivity contribution in [3.63, 3.8) is 0 Å². The molecular formula is C18H16ClN3O5. The van der Waals surface area contributed by atoms with Gasteiger partial charge in [-0.05, 0) is 43.2 Å². The molecule has 1 fully saturated rings. The van der Waals surface area contributed by atoms with Crippen LogP contribution in [0.1, 0.15) is 23.2 Å². The number of nitro groups is 1. The van der Waals surface area contributed by atoms with Crippen molar-refractivity contribution in [2.45, 2.75) is 18.9 Å². The second-order valence-corrected chi connectivity index (χ2v) is 6.48. The number of nitrogens with zero attached hydrogens (tertiary/aromatic N) is 1. The first-order chi connectivity index (χ1) is 12.9. The van der Waals surface area contributed by atoms with Crippen molar-refractivity contribution in [2.75, 3.05) is 17.2 Å². The normalized spacial score (nSPS) is 12.9. The van der Waals surface area contributed by atoms with Crippen molar-refractivity contribution in [1.29, 1.82) is 0 Å². The van der Waals surface area contributed by atoms with Gasteiger partial charge in [-0.2, -0.15) is 0 Å². The van der Waals surface area contributed by atoms with Gasteiger partial charge in [-0.3, -0.25) is 14.9 Å². The first-order valence-corrected chi connectivity index (χ1v) is 8.57. The molecule has 0 unspecified atom stereocenters. The van der Waals surface area contributed by atoms with Gasteiger partial charge < -0.3 is 15.4 Å². The monoisotopic (exact) mass is 389 g/mol. The molecule has 1 aliphatic carbocycles. The van der Waals surface area contributed by atoms with Gasteiger partial charge in [0.05, 0.1) is 10.5 Å². The summed E-state index contributed by atoms with van der Waals surface area (Å²) in [5.74, 6) is -1.37. The number of nitrogens with one attached hydrogen (secondary N) is 2. The van der Waals surface area contributed by atoms with Crippen LogP contribution in [0.25, 0.3) is 0 Å². The molecule has 0 aromatic heterocycles. The van der Waals surface area contributed by atoms with E-state index in [0.29, 0.717) is 16.4 Å². The molecule has 140 valence electrons. The fraction of sp³-hybridized carbons (Fsp3) is 0.222. The van der Waals surface area contributed by atoms with Gasteiger partial charge in [-0.25, -0.2) is 4.79 Å². The molecule has 0 saturated heterocycles. The fourth-order valence-electron chi connectivity index (χ4n) is 2.36. The highest BCUT2D eigenvalue weighted by Gasteiger charge is 2.26. The maximum absolute atomic E-state index is 12.1. The molecule has 0 aliphatic heterocycles. The van der Waals surface area contributed by atoms with E-state index < -0.39 is 23.4 Å². The third kappa shape index (κ3) is 5.18. The van der Waals surface area contributed by atoms with E-state index in [0.717, 1.165) is 18.9 Å². The average Bonchev–Trinajstić information content (AvgIpc) is 3.44. The largest absolute Gasteiger partial charge is 0.452 e. The lowest BCUT2D eigenvalue weighted by molar-refractivity contribution is -0.384. The van der Waals surface area contributed by atoms with E-state index in [1.165, 1.54) is 12.1 Å². The van der Waals surface area contributed by atoms with Gasteiger partial charge in [0.15, 0.2) is 6.61 Å². The highest BCUT2D eigenvalue weighted by atomic mass is 35.5. The third-order valence-corrected chi connectivity index (χ3v) is 4.04. The Labute approximate surface area is 159 Å². The number of hydrogen-bond acceptors (Lipinski definition) is 6. The summed E-state index contributed by atoms with van der Waals surface area (Å²) in [5, 5.41) is 17.3. The number of carbonyl (C=O) groups excluding carboxylic acids is 2. The number of hydrogen-bond donors (Lipinski definition) is 2. The molecule has 3 rings (SSSR count). The highest BCUT2D eigenvalue weighted by molar-refractivity contribution is 6.30. The Morgan fingerprint density at radius 3 is 2.67 bits per heavy atom. The minimum atomic E-state index is -0.822. The molecule has 8 nitrogen and oxygen atoms in total. The third-order valence-electron chi connectivity index (χ3n) is 3.81. The molecule has 0 spiro atoms. The fourth-order valence-corrected chi connectivity index (χ4v) is 2.55. The van der Waals surface area contributed by atoms with Crippen LogP contribution >= 0.6 is 11.6 Å². The van der Waals surface area contributed by atoms with Crippen molar-refractivity contribution >= 4 is 40.5 Å². The summed E-state index contributed by atoms with van der Waals surface area (Å²) in [5.41, 5.74) is 0.616. The van der Waals surface area contributed by atoms with Crippen LogP contribution in [0.3, 0.4) is 0 Å². The van der Waals surface area contributed by atoms with Crippen molar-refractivity contribution in [3.05, 3.63) is 63.2 Å². The van der Waals surface area contributed by atoms with Gasteiger partial charge >= 0.3 is 5.97 Å². The summed E-state index contributed by atoms with van der Waals surface area (Å²) in [4.78, 5) is 34.6. The van der Waals surface area contributed by atoms with Crippen LogP contribution in [-0.4, -0.2) is 29.4 Å². The second kappa shape index (κ2) is 8.05. The van der Waals surface area contributed by atoms with E-state index in [4.69, 9.17) is 16.3 Å². The summed E-state index contributed by atoms with van der Waals surface area (Å²) in [6.07, 6.45) is 1.92. The number of anilines is 2. The number of rotatable bonds is 7. The molecular weight excluding hydrogens is 374 g/mol. The van der Waals surface area contributed by atoms with Crippen molar-refractivity contribution in [2.24, 2.45) is 0 Å². The maximum Gasteiger partial charge on any atom is 0.338 e. The van der Waals surface area contributed by atoms with Crippen LogP contribution in [0.4, 0.5) is 17.1 Å². The van der Waals surface area contributed by atoms with E-state index in [9.17, 15) is 19.7 Å². The highest BCUT2D eigenvalue weighted by Crippen LogP contribution is 2.31. The lowest BCUT2D eigenvalue weighted by Gasteiger charge is -2.09. The van der Waals surface area contributed by atoms with Gasteiger partial charge in [0, 0.05) is 22.8 Å². The van der Waals surface area contributed by atoms with Gasteiger partial charge in [0.2, 0.25) is 0 Å². The lowest BCUT2D eigenvalue weighted by Crippen LogP contribution is -2.21. The van der Waals surface area contributed by atoms with Crippen molar-refractivity contribution in [3.8, 4) is 0 Å². The minimum Gasteiger partial charge on any atom is -0.452 e.